The van der Waals surface area contributed by atoms with E-state index in [0.717, 1.165) is 11.1 Å². The van der Waals surface area contributed by atoms with E-state index in [1.165, 1.54) is 7.11 Å². The zero-order valence-electron chi connectivity index (χ0n) is 18.0. The van der Waals surface area contributed by atoms with Gasteiger partial charge in [0.05, 0.1) is 12.7 Å². The first kappa shape index (κ1) is 23.7. The van der Waals surface area contributed by atoms with Crippen LogP contribution in [-0.4, -0.2) is 41.9 Å². The molecular formula is C23H27NO7. The number of methoxy groups -OCH3 is 1. The predicted octanol–water partition coefficient (Wildman–Crippen LogP) is 3.57. The van der Waals surface area contributed by atoms with Gasteiger partial charge in [-0.1, -0.05) is 24.3 Å². The fourth-order valence-electron chi connectivity index (χ4n) is 2.63. The van der Waals surface area contributed by atoms with E-state index in [0.29, 0.717) is 17.9 Å². The first-order chi connectivity index (χ1) is 14.6. The Morgan fingerprint density at radius 3 is 2.06 bits per heavy atom. The molecule has 0 radical (unpaired) electrons. The zero-order valence-corrected chi connectivity index (χ0v) is 18.0. The number of aliphatic carboxylic acids is 1. The first-order valence-corrected chi connectivity index (χ1v) is 9.68. The molecule has 0 aromatic heterocycles. The molecule has 8 heteroatoms. The van der Waals surface area contributed by atoms with Crippen LogP contribution in [-0.2, 0) is 27.3 Å². The van der Waals surface area contributed by atoms with Gasteiger partial charge < -0.3 is 24.6 Å². The van der Waals surface area contributed by atoms with Crippen LogP contribution in [0.15, 0.2) is 48.5 Å². The summed E-state index contributed by atoms with van der Waals surface area (Å²) in [5.74, 6) is -0.946. The molecule has 0 spiro atoms. The van der Waals surface area contributed by atoms with Crippen LogP contribution in [0.25, 0.3) is 0 Å². The molecule has 31 heavy (non-hydrogen) atoms. The Kier molecular flexibility index (Phi) is 8.01. The van der Waals surface area contributed by atoms with Crippen LogP contribution in [0.1, 0.15) is 42.3 Å². The Labute approximate surface area is 181 Å². The quantitative estimate of drug-likeness (QED) is 0.617. The van der Waals surface area contributed by atoms with Crippen LogP contribution in [0.5, 0.6) is 5.75 Å². The molecule has 0 saturated heterocycles. The molecule has 2 rings (SSSR count). The highest BCUT2D eigenvalue weighted by Crippen LogP contribution is 2.16. The Morgan fingerprint density at radius 1 is 0.968 bits per heavy atom. The van der Waals surface area contributed by atoms with Crippen LogP contribution in [0.2, 0.25) is 0 Å². The number of carboxylic acid groups (broad SMARTS) is 1. The van der Waals surface area contributed by atoms with E-state index in [-0.39, 0.29) is 6.42 Å². The number of ether oxygens (including phenoxy) is 3. The minimum Gasteiger partial charge on any atom is -0.489 e. The van der Waals surface area contributed by atoms with Crippen LogP contribution in [0.4, 0.5) is 4.79 Å². The van der Waals surface area contributed by atoms with Crippen molar-refractivity contribution in [2.75, 3.05) is 7.11 Å². The number of hydrogen-bond donors (Lipinski definition) is 2. The lowest BCUT2D eigenvalue weighted by Crippen LogP contribution is -2.44. The number of alkyl carbamates (subject to hydrolysis) is 1. The second-order valence-corrected chi connectivity index (χ2v) is 7.86. The Balaban J connectivity index is 1.92. The van der Waals surface area contributed by atoms with Gasteiger partial charge in [0.2, 0.25) is 0 Å². The monoisotopic (exact) mass is 429 g/mol. The van der Waals surface area contributed by atoms with E-state index in [4.69, 9.17) is 9.47 Å². The molecule has 0 bridgehead atoms. The third-order valence-electron chi connectivity index (χ3n) is 4.13. The summed E-state index contributed by atoms with van der Waals surface area (Å²) in [4.78, 5) is 34.8. The number of rotatable bonds is 8. The smallest absolute Gasteiger partial charge is 0.408 e. The van der Waals surface area contributed by atoms with Crippen molar-refractivity contribution in [1.29, 1.82) is 0 Å². The predicted molar refractivity (Wildman–Crippen MR) is 113 cm³/mol. The second-order valence-electron chi connectivity index (χ2n) is 7.86. The molecule has 1 amide bonds. The van der Waals surface area contributed by atoms with E-state index >= 15 is 0 Å². The summed E-state index contributed by atoms with van der Waals surface area (Å²) in [6.07, 6.45) is -0.679. The molecule has 0 aliphatic carbocycles. The van der Waals surface area contributed by atoms with Gasteiger partial charge >= 0.3 is 18.0 Å². The van der Waals surface area contributed by atoms with Gasteiger partial charge in [-0.2, -0.15) is 0 Å². The molecule has 2 aromatic carbocycles. The largest absolute Gasteiger partial charge is 0.489 e. The lowest BCUT2D eigenvalue weighted by Gasteiger charge is -2.22. The highest BCUT2D eigenvalue weighted by atomic mass is 16.6. The molecule has 2 aromatic rings. The zero-order chi connectivity index (χ0) is 23.0. The van der Waals surface area contributed by atoms with E-state index in [1.807, 2.05) is 0 Å². The molecule has 1 atom stereocenters. The van der Waals surface area contributed by atoms with Gasteiger partial charge in [-0.3, -0.25) is 0 Å². The molecule has 2 N–H and O–H groups in total. The van der Waals surface area contributed by atoms with E-state index in [1.54, 1.807) is 69.3 Å². The Morgan fingerprint density at radius 2 is 1.55 bits per heavy atom. The fraction of sp³-hybridized carbons (Fsp3) is 0.348. The topological polar surface area (TPSA) is 111 Å². The van der Waals surface area contributed by atoms with Crippen molar-refractivity contribution in [1.82, 2.24) is 5.32 Å². The van der Waals surface area contributed by atoms with Crippen molar-refractivity contribution in [2.24, 2.45) is 0 Å². The van der Waals surface area contributed by atoms with Gasteiger partial charge in [-0.05, 0) is 56.2 Å². The number of benzene rings is 2. The second kappa shape index (κ2) is 10.5. The van der Waals surface area contributed by atoms with Gasteiger partial charge in [-0.25, -0.2) is 14.4 Å². The molecule has 8 nitrogen and oxygen atoms in total. The molecular weight excluding hydrogens is 402 g/mol. The summed E-state index contributed by atoms with van der Waals surface area (Å²) >= 11 is 0. The minimum atomic E-state index is -1.15. The van der Waals surface area contributed by atoms with Crippen LogP contribution in [0.3, 0.4) is 0 Å². The lowest BCUT2D eigenvalue weighted by molar-refractivity contribution is -0.139. The van der Waals surface area contributed by atoms with Crippen LogP contribution in [0, 0.1) is 0 Å². The van der Waals surface area contributed by atoms with Crippen molar-refractivity contribution in [3.8, 4) is 5.75 Å². The molecule has 0 aliphatic heterocycles. The summed E-state index contributed by atoms with van der Waals surface area (Å²) in [6.45, 7) is 5.41. The van der Waals surface area contributed by atoms with Gasteiger partial charge in [0.15, 0.2) is 0 Å². The highest BCUT2D eigenvalue weighted by Gasteiger charge is 2.24. The maximum absolute atomic E-state index is 11.9. The lowest BCUT2D eigenvalue weighted by atomic mass is 10.1. The van der Waals surface area contributed by atoms with E-state index < -0.39 is 29.7 Å². The first-order valence-electron chi connectivity index (χ1n) is 9.68. The third-order valence-corrected chi connectivity index (χ3v) is 4.13. The van der Waals surface area contributed by atoms with E-state index in [9.17, 15) is 19.5 Å². The van der Waals surface area contributed by atoms with Crippen molar-refractivity contribution >= 4 is 18.0 Å². The third kappa shape index (κ3) is 8.00. The average Bonchev–Trinajstić information content (AvgIpc) is 2.71. The standard InChI is InChI=1S/C23H27NO7/c1-23(2,3)31-22(28)24-19(20(25)26)13-15-7-11-18(12-8-15)30-14-16-5-9-17(10-6-16)21(27)29-4/h5-12,19H,13-14H2,1-4H3,(H,24,28)(H,25,26)/t19-/m0/s1. The number of carbonyl (C=O) groups excluding carboxylic acids is 2. The number of amides is 1. The summed E-state index contributed by atoms with van der Waals surface area (Å²) < 4.78 is 15.5. The minimum absolute atomic E-state index is 0.101. The van der Waals surface area contributed by atoms with Gasteiger partial charge in [0, 0.05) is 6.42 Å². The van der Waals surface area contributed by atoms with Crippen molar-refractivity contribution < 1.29 is 33.7 Å². The summed E-state index contributed by atoms with van der Waals surface area (Å²) in [5, 5.41) is 11.8. The SMILES string of the molecule is COC(=O)c1ccc(COc2ccc(C[C@H](NC(=O)OC(C)(C)C)C(=O)O)cc2)cc1. The normalized spacial score (nSPS) is 11.9. The maximum Gasteiger partial charge on any atom is 0.408 e. The summed E-state index contributed by atoms with van der Waals surface area (Å²) in [6, 6.07) is 12.7. The molecule has 166 valence electrons. The van der Waals surface area contributed by atoms with Gasteiger partial charge in [0.25, 0.3) is 0 Å². The van der Waals surface area contributed by atoms with Crippen LogP contribution >= 0.6 is 0 Å². The van der Waals surface area contributed by atoms with Crippen molar-refractivity contribution in [2.45, 2.75) is 45.4 Å². The number of carbonyl (C=O) groups is 3. The molecule has 0 aliphatic rings. The highest BCUT2D eigenvalue weighted by molar-refractivity contribution is 5.89. The van der Waals surface area contributed by atoms with E-state index in [2.05, 4.69) is 10.1 Å². The number of esters is 1. The Bertz CT molecular complexity index is 899. The maximum atomic E-state index is 11.9. The fourth-order valence-corrected chi connectivity index (χ4v) is 2.63. The Hall–Kier alpha value is -3.55. The molecule has 0 unspecified atom stereocenters. The number of hydrogen-bond acceptors (Lipinski definition) is 6. The molecule has 0 heterocycles. The molecule has 0 saturated carbocycles. The summed E-state index contributed by atoms with van der Waals surface area (Å²) in [7, 11) is 1.33. The average molecular weight is 429 g/mol. The number of carboxylic acids is 1. The van der Waals surface area contributed by atoms with Crippen molar-refractivity contribution in [3.05, 3.63) is 65.2 Å². The summed E-state index contributed by atoms with van der Waals surface area (Å²) in [5.41, 5.74) is 1.34. The van der Waals surface area contributed by atoms with Crippen molar-refractivity contribution in [3.63, 3.8) is 0 Å². The van der Waals surface area contributed by atoms with Crippen LogP contribution < -0.4 is 10.1 Å². The van der Waals surface area contributed by atoms with Gasteiger partial charge in [0.1, 0.15) is 24.0 Å². The molecule has 0 fully saturated rings. The number of nitrogens with one attached hydrogen (secondary N) is 1. The van der Waals surface area contributed by atoms with Gasteiger partial charge in [-0.15, -0.1) is 0 Å².